The van der Waals surface area contributed by atoms with Crippen molar-refractivity contribution in [3.05, 3.63) is 35.4 Å². The van der Waals surface area contributed by atoms with Crippen LogP contribution in [-0.2, 0) is 13.1 Å². The van der Waals surface area contributed by atoms with Gasteiger partial charge in [0.05, 0.1) is 0 Å². The van der Waals surface area contributed by atoms with Crippen LogP contribution in [0.25, 0.3) is 0 Å². The molecule has 1 aliphatic rings. The van der Waals surface area contributed by atoms with Crippen molar-refractivity contribution >= 4 is 0 Å². The van der Waals surface area contributed by atoms with Crippen LogP contribution in [0, 0.1) is 0 Å². The number of hydrogen-bond acceptors (Lipinski definition) is 2. The summed E-state index contributed by atoms with van der Waals surface area (Å²) in [5.74, 6) is 0. The van der Waals surface area contributed by atoms with E-state index in [-0.39, 0.29) is 0 Å². The Morgan fingerprint density at radius 2 is 1.90 bits per heavy atom. The smallest absolute Gasteiger partial charge is 0.0239 e. The number of nitrogens with zero attached hydrogens (tertiary/aromatic N) is 1. The highest BCUT2D eigenvalue weighted by Crippen LogP contribution is 2.21. The van der Waals surface area contributed by atoms with Crippen molar-refractivity contribution in [2.45, 2.75) is 78.0 Å². The molecule has 1 fully saturated rings. The van der Waals surface area contributed by atoms with E-state index in [2.05, 4.69) is 55.3 Å². The summed E-state index contributed by atoms with van der Waals surface area (Å²) in [6.07, 6.45) is 6.52. The molecule has 0 amide bonds. The molecule has 1 atom stereocenters. The predicted molar refractivity (Wildman–Crippen MR) is 91.4 cm³/mol. The number of rotatable bonds is 10. The average Bonchev–Trinajstić information content (AvgIpc) is 3.33. The molecule has 0 radical (unpaired) electrons. The monoisotopic (exact) mass is 288 g/mol. The normalized spacial score (nSPS) is 16.4. The molecule has 118 valence electrons. The molecule has 1 aromatic carbocycles. The molecule has 0 bridgehead atoms. The fraction of sp³-hybridized carbons (Fsp3) is 0.684. The lowest BCUT2D eigenvalue weighted by Gasteiger charge is -2.29. The molecule has 2 nitrogen and oxygen atoms in total. The van der Waals surface area contributed by atoms with Crippen LogP contribution < -0.4 is 5.32 Å². The molecular formula is C19H32N2. The minimum absolute atomic E-state index is 0.668. The number of unbranched alkanes of at least 4 members (excludes halogenated alkanes) is 1. The maximum Gasteiger partial charge on any atom is 0.0239 e. The largest absolute Gasteiger partial charge is 0.310 e. The van der Waals surface area contributed by atoms with E-state index in [1.807, 2.05) is 0 Å². The van der Waals surface area contributed by atoms with E-state index >= 15 is 0 Å². The first-order valence-electron chi connectivity index (χ1n) is 8.78. The molecule has 21 heavy (non-hydrogen) atoms. The molecule has 1 aliphatic carbocycles. The van der Waals surface area contributed by atoms with Crippen LogP contribution in [0.2, 0.25) is 0 Å². The number of nitrogens with one attached hydrogen (secondary N) is 1. The summed E-state index contributed by atoms with van der Waals surface area (Å²) in [5.41, 5.74) is 2.98. The Hall–Kier alpha value is -0.860. The summed E-state index contributed by atoms with van der Waals surface area (Å²) >= 11 is 0. The molecule has 1 N–H and O–H groups in total. The van der Waals surface area contributed by atoms with Crippen LogP contribution in [0.4, 0.5) is 0 Å². The summed E-state index contributed by atoms with van der Waals surface area (Å²) < 4.78 is 0. The zero-order valence-electron chi connectivity index (χ0n) is 14.1. The third-order valence-electron chi connectivity index (χ3n) is 4.66. The van der Waals surface area contributed by atoms with Crippen molar-refractivity contribution < 1.29 is 0 Å². The minimum atomic E-state index is 0.668. The number of benzene rings is 1. The lowest BCUT2D eigenvalue weighted by Crippen LogP contribution is -2.33. The van der Waals surface area contributed by atoms with E-state index in [0.29, 0.717) is 6.04 Å². The first-order valence-corrected chi connectivity index (χ1v) is 8.78. The van der Waals surface area contributed by atoms with Gasteiger partial charge in [0.2, 0.25) is 0 Å². The fourth-order valence-electron chi connectivity index (χ4n) is 2.72. The van der Waals surface area contributed by atoms with Crippen LogP contribution >= 0.6 is 0 Å². The molecule has 0 saturated heterocycles. The lowest BCUT2D eigenvalue weighted by atomic mass is 10.1. The van der Waals surface area contributed by atoms with E-state index in [0.717, 1.165) is 19.1 Å². The third kappa shape index (κ3) is 5.44. The molecule has 1 aromatic rings. The molecule has 0 aromatic heterocycles. The molecule has 0 spiro atoms. The van der Waals surface area contributed by atoms with Gasteiger partial charge in [0.1, 0.15) is 0 Å². The van der Waals surface area contributed by atoms with Gasteiger partial charge in [-0.3, -0.25) is 4.90 Å². The van der Waals surface area contributed by atoms with Crippen LogP contribution in [0.5, 0.6) is 0 Å². The van der Waals surface area contributed by atoms with Gasteiger partial charge in [-0.25, -0.2) is 0 Å². The fourth-order valence-corrected chi connectivity index (χ4v) is 2.72. The molecule has 0 aliphatic heterocycles. The van der Waals surface area contributed by atoms with E-state index in [1.165, 1.54) is 49.8 Å². The topological polar surface area (TPSA) is 15.3 Å². The third-order valence-corrected chi connectivity index (χ3v) is 4.66. The second-order valence-electron chi connectivity index (χ2n) is 6.51. The summed E-state index contributed by atoms with van der Waals surface area (Å²) in [4.78, 5) is 2.65. The van der Waals surface area contributed by atoms with Gasteiger partial charge in [-0.05, 0) is 50.3 Å². The van der Waals surface area contributed by atoms with Gasteiger partial charge in [0, 0.05) is 25.2 Å². The van der Waals surface area contributed by atoms with Crippen molar-refractivity contribution in [1.82, 2.24) is 10.2 Å². The molecule has 1 saturated carbocycles. The van der Waals surface area contributed by atoms with Gasteiger partial charge in [-0.15, -0.1) is 0 Å². The van der Waals surface area contributed by atoms with Crippen LogP contribution in [0.3, 0.4) is 0 Å². The van der Waals surface area contributed by atoms with Gasteiger partial charge in [-0.2, -0.15) is 0 Å². The standard InChI is InChI=1S/C19H32N2/c1-4-6-13-21(16(3)5-2)15-18-10-8-7-9-17(18)14-20-19-11-12-19/h7-10,16,19-20H,4-6,11-15H2,1-3H3. The summed E-state index contributed by atoms with van der Waals surface area (Å²) in [5, 5.41) is 3.65. The van der Waals surface area contributed by atoms with Gasteiger partial charge in [0.15, 0.2) is 0 Å². The van der Waals surface area contributed by atoms with Crippen molar-refractivity contribution in [1.29, 1.82) is 0 Å². The molecule has 1 unspecified atom stereocenters. The van der Waals surface area contributed by atoms with Crippen LogP contribution in [-0.4, -0.2) is 23.5 Å². The van der Waals surface area contributed by atoms with Crippen molar-refractivity contribution in [3.8, 4) is 0 Å². The van der Waals surface area contributed by atoms with Crippen LogP contribution in [0.1, 0.15) is 64.0 Å². The molecule has 2 heteroatoms. The van der Waals surface area contributed by atoms with Gasteiger partial charge in [-0.1, -0.05) is 44.5 Å². The molecule has 0 heterocycles. The lowest BCUT2D eigenvalue weighted by molar-refractivity contribution is 0.191. The maximum absolute atomic E-state index is 3.65. The second kappa shape index (κ2) is 8.55. The van der Waals surface area contributed by atoms with Crippen LogP contribution in [0.15, 0.2) is 24.3 Å². The zero-order chi connectivity index (χ0) is 15.1. The van der Waals surface area contributed by atoms with Crippen molar-refractivity contribution in [2.75, 3.05) is 6.54 Å². The Bertz CT molecular complexity index is 412. The highest BCUT2D eigenvalue weighted by molar-refractivity contribution is 5.27. The molecular weight excluding hydrogens is 256 g/mol. The van der Waals surface area contributed by atoms with E-state index in [9.17, 15) is 0 Å². The van der Waals surface area contributed by atoms with E-state index in [4.69, 9.17) is 0 Å². The Labute approximate surface area is 130 Å². The Balaban J connectivity index is 1.99. The quantitative estimate of drug-likeness (QED) is 0.689. The zero-order valence-corrected chi connectivity index (χ0v) is 14.1. The Morgan fingerprint density at radius 3 is 2.52 bits per heavy atom. The highest BCUT2D eigenvalue weighted by atomic mass is 15.1. The summed E-state index contributed by atoms with van der Waals surface area (Å²) in [6.45, 7) is 10.3. The van der Waals surface area contributed by atoms with Crippen molar-refractivity contribution in [3.63, 3.8) is 0 Å². The summed E-state index contributed by atoms with van der Waals surface area (Å²) in [6, 6.07) is 10.4. The van der Waals surface area contributed by atoms with E-state index in [1.54, 1.807) is 0 Å². The van der Waals surface area contributed by atoms with Crippen molar-refractivity contribution in [2.24, 2.45) is 0 Å². The number of hydrogen-bond donors (Lipinski definition) is 1. The van der Waals surface area contributed by atoms with E-state index < -0.39 is 0 Å². The Kier molecular flexibility index (Phi) is 6.72. The maximum atomic E-state index is 3.65. The summed E-state index contributed by atoms with van der Waals surface area (Å²) in [7, 11) is 0. The Morgan fingerprint density at radius 1 is 1.19 bits per heavy atom. The minimum Gasteiger partial charge on any atom is -0.310 e. The highest BCUT2D eigenvalue weighted by Gasteiger charge is 2.20. The molecule has 2 rings (SSSR count). The first-order chi connectivity index (χ1) is 10.2. The van der Waals surface area contributed by atoms with Gasteiger partial charge < -0.3 is 5.32 Å². The second-order valence-corrected chi connectivity index (χ2v) is 6.51. The SMILES string of the molecule is CCCCN(Cc1ccccc1CNC1CC1)C(C)CC. The average molecular weight is 288 g/mol. The van der Waals surface area contributed by atoms with Gasteiger partial charge in [0.25, 0.3) is 0 Å². The predicted octanol–water partition coefficient (Wildman–Crippen LogP) is 4.34. The first kappa shape index (κ1) is 16.5. The van der Waals surface area contributed by atoms with Gasteiger partial charge >= 0.3 is 0 Å².